The Morgan fingerprint density at radius 3 is 2.31 bits per heavy atom. The summed E-state index contributed by atoms with van der Waals surface area (Å²) in [5.74, 6) is -4.93. The highest BCUT2D eigenvalue weighted by Crippen LogP contribution is 2.21. The molecule has 0 aliphatic rings. The second kappa shape index (κ2) is 3.65. The van der Waals surface area contributed by atoms with Gasteiger partial charge in [0.1, 0.15) is 0 Å². The van der Waals surface area contributed by atoms with E-state index in [1.54, 1.807) is 22.6 Å². The lowest BCUT2D eigenvalue weighted by molar-refractivity contribution is 0.101. The summed E-state index contributed by atoms with van der Waals surface area (Å²) in [5.41, 5.74) is -0.403. The van der Waals surface area contributed by atoms with E-state index in [0.29, 0.717) is 0 Å². The monoisotopic (exact) mass is 300 g/mol. The summed E-state index contributed by atoms with van der Waals surface area (Å²) < 4.78 is 38.2. The molecule has 5 heteroatoms. The lowest BCUT2D eigenvalue weighted by Gasteiger charge is -2.03. The van der Waals surface area contributed by atoms with Gasteiger partial charge in [0.05, 0.1) is 5.56 Å². The maximum Gasteiger partial charge on any atom is 0.195 e. The van der Waals surface area contributed by atoms with Crippen LogP contribution in [0.4, 0.5) is 13.2 Å². The molecule has 0 bridgehead atoms. The van der Waals surface area contributed by atoms with Crippen molar-refractivity contribution in [2.75, 3.05) is 0 Å². The minimum Gasteiger partial charge on any atom is -0.294 e. The van der Waals surface area contributed by atoms with Crippen LogP contribution in [-0.4, -0.2) is 5.78 Å². The van der Waals surface area contributed by atoms with Crippen LogP contribution in [0.25, 0.3) is 0 Å². The van der Waals surface area contributed by atoms with Gasteiger partial charge in [-0.25, -0.2) is 13.2 Å². The molecule has 0 aliphatic carbocycles. The molecule has 0 amide bonds. The minimum absolute atomic E-state index is 0.0708. The van der Waals surface area contributed by atoms with Crippen molar-refractivity contribution in [3.05, 3.63) is 32.7 Å². The maximum atomic E-state index is 12.9. The molecular formula is C8H4F3IO. The number of carbonyl (C=O) groups is 1. The molecule has 1 aromatic rings. The first-order valence-electron chi connectivity index (χ1n) is 3.29. The summed E-state index contributed by atoms with van der Waals surface area (Å²) in [7, 11) is 0. The number of rotatable bonds is 1. The SMILES string of the molecule is CC(=O)c1c(I)cc(F)c(F)c1F. The number of benzene rings is 1. The molecule has 0 saturated carbocycles. The zero-order valence-electron chi connectivity index (χ0n) is 6.50. The highest BCUT2D eigenvalue weighted by Gasteiger charge is 2.19. The van der Waals surface area contributed by atoms with Crippen molar-refractivity contribution < 1.29 is 18.0 Å². The average Bonchev–Trinajstić information content (AvgIpc) is 1.99. The summed E-state index contributed by atoms with van der Waals surface area (Å²) in [6.45, 7) is 1.10. The number of hydrogen-bond acceptors (Lipinski definition) is 1. The standard InChI is InChI=1S/C8H4F3IO/c1-3(13)6-5(12)2-4(9)7(10)8(6)11/h2H,1H3. The van der Waals surface area contributed by atoms with Gasteiger partial charge in [-0.3, -0.25) is 4.79 Å². The van der Waals surface area contributed by atoms with Crippen molar-refractivity contribution >= 4 is 28.4 Å². The number of hydrogen-bond donors (Lipinski definition) is 0. The zero-order chi connectivity index (χ0) is 10.2. The van der Waals surface area contributed by atoms with Gasteiger partial charge < -0.3 is 0 Å². The molecule has 1 aromatic carbocycles. The van der Waals surface area contributed by atoms with Gasteiger partial charge in [-0.15, -0.1) is 0 Å². The molecule has 0 fully saturated rings. The quantitative estimate of drug-likeness (QED) is 0.337. The Morgan fingerprint density at radius 2 is 1.85 bits per heavy atom. The van der Waals surface area contributed by atoms with Crippen LogP contribution in [0.2, 0.25) is 0 Å². The molecule has 0 heterocycles. The Bertz CT molecular complexity index is 376. The van der Waals surface area contributed by atoms with Crippen LogP contribution in [0.5, 0.6) is 0 Å². The second-order valence-corrected chi connectivity index (χ2v) is 3.56. The topological polar surface area (TPSA) is 17.1 Å². The van der Waals surface area contributed by atoms with Gasteiger partial charge in [-0.1, -0.05) is 0 Å². The lowest BCUT2D eigenvalue weighted by Crippen LogP contribution is -2.05. The minimum atomic E-state index is -1.61. The molecule has 0 N–H and O–H groups in total. The first-order valence-corrected chi connectivity index (χ1v) is 4.37. The van der Waals surface area contributed by atoms with E-state index in [-0.39, 0.29) is 3.57 Å². The van der Waals surface area contributed by atoms with Crippen molar-refractivity contribution in [2.45, 2.75) is 6.92 Å². The van der Waals surface area contributed by atoms with Gasteiger partial charge in [-0.2, -0.15) is 0 Å². The molecule has 70 valence electrons. The molecule has 0 aliphatic heterocycles. The predicted octanol–water partition coefficient (Wildman–Crippen LogP) is 2.91. The van der Waals surface area contributed by atoms with Gasteiger partial charge in [0.15, 0.2) is 23.2 Å². The molecule has 1 rings (SSSR count). The van der Waals surface area contributed by atoms with Crippen molar-refractivity contribution in [2.24, 2.45) is 0 Å². The molecule has 0 saturated heterocycles. The summed E-state index contributed by atoms with van der Waals surface area (Å²) in [5, 5.41) is 0. The van der Waals surface area contributed by atoms with Crippen molar-refractivity contribution in [1.29, 1.82) is 0 Å². The van der Waals surface area contributed by atoms with Gasteiger partial charge in [-0.05, 0) is 35.6 Å². The van der Waals surface area contributed by atoms with Crippen molar-refractivity contribution in [3.63, 3.8) is 0 Å². The van der Waals surface area contributed by atoms with Gasteiger partial charge in [0, 0.05) is 3.57 Å². The molecular weight excluding hydrogens is 296 g/mol. The highest BCUT2D eigenvalue weighted by atomic mass is 127. The molecule has 13 heavy (non-hydrogen) atoms. The van der Waals surface area contributed by atoms with E-state index in [4.69, 9.17) is 0 Å². The van der Waals surface area contributed by atoms with Crippen molar-refractivity contribution in [3.8, 4) is 0 Å². The zero-order valence-corrected chi connectivity index (χ0v) is 8.65. The third-order valence-electron chi connectivity index (χ3n) is 1.47. The second-order valence-electron chi connectivity index (χ2n) is 2.40. The first kappa shape index (κ1) is 10.5. The van der Waals surface area contributed by atoms with Gasteiger partial charge in [0.2, 0.25) is 0 Å². The first-order chi connectivity index (χ1) is 5.95. The lowest BCUT2D eigenvalue weighted by atomic mass is 10.1. The predicted molar refractivity (Wildman–Crippen MR) is 49.0 cm³/mol. The fourth-order valence-electron chi connectivity index (χ4n) is 0.889. The number of halogens is 4. The van der Waals surface area contributed by atoms with Gasteiger partial charge >= 0.3 is 0 Å². The van der Waals surface area contributed by atoms with Crippen LogP contribution in [0, 0.1) is 21.0 Å². The van der Waals surface area contributed by atoms with Crippen LogP contribution in [-0.2, 0) is 0 Å². The summed E-state index contributed by atoms with van der Waals surface area (Å²) in [4.78, 5) is 10.8. The summed E-state index contributed by atoms with van der Waals surface area (Å²) in [6, 6.07) is 0.787. The fourth-order valence-corrected chi connectivity index (χ4v) is 1.78. The third kappa shape index (κ3) is 1.84. The van der Waals surface area contributed by atoms with E-state index >= 15 is 0 Å². The molecule has 0 atom stereocenters. The largest absolute Gasteiger partial charge is 0.294 e. The fraction of sp³-hybridized carbons (Fsp3) is 0.125. The third-order valence-corrected chi connectivity index (χ3v) is 2.32. The molecule has 1 nitrogen and oxygen atoms in total. The Hall–Kier alpha value is -0.590. The molecule has 0 aromatic heterocycles. The van der Waals surface area contributed by atoms with Crippen LogP contribution in [0.15, 0.2) is 6.07 Å². The number of ketones is 1. The van der Waals surface area contributed by atoms with Crippen LogP contribution < -0.4 is 0 Å². The normalized spacial score (nSPS) is 10.2. The summed E-state index contributed by atoms with van der Waals surface area (Å²) in [6.07, 6.45) is 0. The van der Waals surface area contributed by atoms with Crippen LogP contribution >= 0.6 is 22.6 Å². The van der Waals surface area contributed by atoms with E-state index in [9.17, 15) is 18.0 Å². The number of carbonyl (C=O) groups excluding carboxylic acids is 1. The maximum absolute atomic E-state index is 12.9. The summed E-state index contributed by atoms with van der Waals surface area (Å²) >= 11 is 1.58. The average molecular weight is 300 g/mol. The highest BCUT2D eigenvalue weighted by molar-refractivity contribution is 14.1. The molecule has 0 spiro atoms. The van der Waals surface area contributed by atoms with E-state index in [0.717, 1.165) is 13.0 Å². The van der Waals surface area contributed by atoms with E-state index < -0.39 is 28.8 Å². The Labute approximate surface area is 86.1 Å². The Balaban J connectivity index is 3.53. The van der Waals surface area contributed by atoms with Gasteiger partial charge in [0.25, 0.3) is 0 Å². The van der Waals surface area contributed by atoms with Crippen LogP contribution in [0.1, 0.15) is 17.3 Å². The van der Waals surface area contributed by atoms with E-state index in [2.05, 4.69) is 0 Å². The smallest absolute Gasteiger partial charge is 0.195 e. The Morgan fingerprint density at radius 1 is 1.31 bits per heavy atom. The van der Waals surface area contributed by atoms with Crippen molar-refractivity contribution in [1.82, 2.24) is 0 Å². The number of Topliss-reactive ketones (excluding diaryl/α,β-unsaturated/α-hetero) is 1. The molecule has 0 unspecified atom stereocenters. The Kier molecular flexibility index (Phi) is 2.94. The molecule has 0 radical (unpaired) electrons. The van der Waals surface area contributed by atoms with E-state index in [1.807, 2.05) is 0 Å². The van der Waals surface area contributed by atoms with Crippen LogP contribution in [0.3, 0.4) is 0 Å². The van der Waals surface area contributed by atoms with E-state index in [1.165, 1.54) is 0 Å².